The predicted molar refractivity (Wildman–Crippen MR) is 54.0 cm³/mol. The molecule has 0 radical (unpaired) electrons. The van der Waals surface area contributed by atoms with Gasteiger partial charge in [0.2, 0.25) is 0 Å². The van der Waals surface area contributed by atoms with Gasteiger partial charge in [0.25, 0.3) is 0 Å². The van der Waals surface area contributed by atoms with Crippen LogP contribution in [0.2, 0.25) is 0 Å². The molecule has 12 heavy (non-hydrogen) atoms. The van der Waals surface area contributed by atoms with E-state index in [2.05, 4.69) is 24.0 Å². The van der Waals surface area contributed by atoms with E-state index in [4.69, 9.17) is 0 Å². The summed E-state index contributed by atoms with van der Waals surface area (Å²) in [4.78, 5) is 5.96. The van der Waals surface area contributed by atoms with E-state index in [1.165, 1.54) is 11.3 Å². The molecule has 0 amide bonds. The van der Waals surface area contributed by atoms with Gasteiger partial charge in [0, 0.05) is 19.8 Å². The minimum atomic E-state index is 1.20. The van der Waals surface area contributed by atoms with Gasteiger partial charge in [0.15, 0.2) is 0 Å². The quantitative estimate of drug-likeness (QED) is 0.480. The van der Waals surface area contributed by atoms with E-state index in [9.17, 15) is 0 Å². The Hall–Kier alpha value is -1.31. The van der Waals surface area contributed by atoms with Gasteiger partial charge in [0.1, 0.15) is 0 Å². The van der Waals surface area contributed by atoms with Crippen LogP contribution in [-0.2, 0) is 0 Å². The number of hydrogen-bond acceptors (Lipinski definition) is 1. The molecule has 0 spiro atoms. The fraction of sp³-hybridized carbons (Fsp3) is 0.300. The summed E-state index contributed by atoms with van der Waals surface area (Å²) in [6, 6.07) is 8.24. The zero-order valence-electron chi connectivity index (χ0n) is 7.78. The summed E-state index contributed by atoms with van der Waals surface area (Å²) < 4.78 is 0. The van der Waals surface area contributed by atoms with E-state index >= 15 is 0 Å². The Kier molecular flexibility index (Phi) is 2.86. The maximum atomic E-state index is 3.95. The molecular weight excluding hydrogens is 148 g/mol. The summed E-state index contributed by atoms with van der Waals surface area (Å²) in [7, 11) is 3.77. The summed E-state index contributed by atoms with van der Waals surface area (Å²) in [5, 5.41) is 0. The second-order valence-electron chi connectivity index (χ2n) is 2.77. The molecule has 0 aliphatic carbocycles. The maximum absolute atomic E-state index is 3.95. The first-order valence-electron chi connectivity index (χ1n) is 3.96. The van der Waals surface area contributed by atoms with E-state index in [1.54, 1.807) is 7.05 Å². The van der Waals surface area contributed by atoms with E-state index in [0.717, 1.165) is 0 Å². The molecule has 0 fully saturated rings. The Morgan fingerprint density at radius 1 is 1.33 bits per heavy atom. The van der Waals surface area contributed by atoms with E-state index in [0.29, 0.717) is 0 Å². The summed E-state index contributed by atoms with van der Waals surface area (Å²) in [5.41, 5.74) is 2.46. The molecule has 64 valence electrons. The van der Waals surface area contributed by atoms with Crippen molar-refractivity contribution in [1.82, 2.24) is 0 Å². The first-order chi connectivity index (χ1) is 5.75. The minimum Gasteiger partial charge on any atom is -0.336 e. The monoisotopic (exact) mass is 162 g/mol. The van der Waals surface area contributed by atoms with Gasteiger partial charge >= 0.3 is 0 Å². The van der Waals surface area contributed by atoms with Crippen LogP contribution >= 0.6 is 0 Å². The number of anilines is 1. The molecule has 0 heterocycles. The molecule has 0 aliphatic heterocycles. The van der Waals surface area contributed by atoms with Crippen LogP contribution in [0.5, 0.6) is 0 Å². The van der Waals surface area contributed by atoms with E-state index < -0.39 is 0 Å². The number of aliphatic imine (C=N–C) groups is 1. The molecule has 0 bridgehead atoms. The van der Waals surface area contributed by atoms with Crippen LogP contribution in [0.4, 0.5) is 5.69 Å². The normalized spacial score (nSPS) is 10.6. The van der Waals surface area contributed by atoms with Gasteiger partial charge in [0.05, 0.1) is 6.34 Å². The lowest BCUT2D eigenvalue weighted by Gasteiger charge is -2.15. The van der Waals surface area contributed by atoms with Crippen molar-refractivity contribution in [2.45, 2.75) is 6.92 Å². The number of nitrogens with zero attached hydrogens (tertiary/aromatic N) is 2. The average Bonchev–Trinajstić information content (AvgIpc) is 2.05. The summed E-state index contributed by atoms with van der Waals surface area (Å²) >= 11 is 0. The van der Waals surface area contributed by atoms with Gasteiger partial charge < -0.3 is 4.90 Å². The standard InChI is InChI=1S/C10H14N2/c1-9-6-4-5-7-10(9)12(3)8-11-2/h4-8H,1-3H3. The number of para-hydroxylation sites is 1. The van der Waals surface area contributed by atoms with Crippen LogP contribution in [0, 0.1) is 6.92 Å². The predicted octanol–water partition coefficient (Wildman–Crippen LogP) is 2.09. The zero-order chi connectivity index (χ0) is 8.97. The van der Waals surface area contributed by atoms with Crippen molar-refractivity contribution < 1.29 is 0 Å². The lowest BCUT2D eigenvalue weighted by molar-refractivity contribution is 1.24. The first-order valence-corrected chi connectivity index (χ1v) is 3.96. The van der Waals surface area contributed by atoms with Crippen LogP contribution in [-0.4, -0.2) is 20.4 Å². The van der Waals surface area contributed by atoms with Crippen LogP contribution in [0.1, 0.15) is 5.56 Å². The van der Waals surface area contributed by atoms with Crippen LogP contribution in [0.3, 0.4) is 0 Å². The van der Waals surface area contributed by atoms with Crippen molar-refractivity contribution in [3.05, 3.63) is 29.8 Å². The molecule has 0 N–H and O–H groups in total. The smallest absolute Gasteiger partial charge is 0.0888 e. The first kappa shape index (κ1) is 8.78. The molecule has 0 unspecified atom stereocenters. The summed E-state index contributed by atoms with van der Waals surface area (Å²) in [6.45, 7) is 2.09. The van der Waals surface area contributed by atoms with Gasteiger partial charge in [-0.15, -0.1) is 0 Å². The molecule has 0 aromatic heterocycles. The third kappa shape index (κ3) is 1.84. The van der Waals surface area contributed by atoms with Gasteiger partial charge in [-0.05, 0) is 18.6 Å². The molecule has 0 atom stereocenters. The minimum absolute atomic E-state index is 1.20. The second-order valence-corrected chi connectivity index (χ2v) is 2.77. The number of rotatable bonds is 2. The number of benzene rings is 1. The third-order valence-electron chi connectivity index (χ3n) is 1.78. The third-order valence-corrected chi connectivity index (χ3v) is 1.78. The lowest BCUT2D eigenvalue weighted by Crippen LogP contribution is -2.14. The van der Waals surface area contributed by atoms with Gasteiger partial charge in [-0.1, -0.05) is 18.2 Å². The molecule has 1 aromatic rings. The van der Waals surface area contributed by atoms with Crippen LogP contribution in [0.15, 0.2) is 29.3 Å². The fourth-order valence-electron chi connectivity index (χ4n) is 1.19. The Labute approximate surface area is 73.5 Å². The molecule has 2 nitrogen and oxygen atoms in total. The molecule has 1 rings (SSSR count). The maximum Gasteiger partial charge on any atom is 0.0888 e. The molecular formula is C10H14N2. The van der Waals surface area contributed by atoms with Crippen molar-refractivity contribution in [3.8, 4) is 0 Å². The Bertz CT molecular complexity index is 279. The summed E-state index contributed by atoms with van der Waals surface area (Å²) in [5.74, 6) is 0. The zero-order valence-corrected chi connectivity index (χ0v) is 7.78. The van der Waals surface area contributed by atoms with Crippen molar-refractivity contribution in [1.29, 1.82) is 0 Å². The van der Waals surface area contributed by atoms with Crippen molar-refractivity contribution in [2.75, 3.05) is 19.0 Å². The van der Waals surface area contributed by atoms with E-state index in [1.807, 2.05) is 30.4 Å². The highest BCUT2D eigenvalue weighted by atomic mass is 15.1. The highest BCUT2D eigenvalue weighted by Gasteiger charge is 1.98. The lowest BCUT2D eigenvalue weighted by atomic mass is 10.2. The Morgan fingerprint density at radius 2 is 2.00 bits per heavy atom. The van der Waals surface area contributed by atoms with Crippen molar-refractivity contribution in [2.24, 2.45) is 4.99 Å². The van der Waals surface area contributed by atoms with Crippen LogP contribution < -0.4 is 4.90 Å². The molecule has 1 aromatic carbocycles. The second kappa shape index (κ2) is 3.90. The molecule has 2 heteroatoms. The highest BCUT2D eigenvalue weighted by molar-refractivity contribution is 5.79. The summed E-state index contributed by atoms with van der Waals surface area (Å²) in [6.07, 6.45) is 1.81. The number of aryl methyl sites for hydroxylation is 1. The highest BCUT2D eigenvalue weighted by Crippen LogP contribution is 2.15. The van der Waals surface area contributed by atoms with Crippen LogP contribution in [0.25, 0.3) is 0 Å². The van der Waals surface area contributed by atoms with Crippen molar-refractivity contribution in [3.63, 3.8) is 0 Å². The average molecular weight is 162 g/mol. The van der Waals surface area contributed by atoms with Crippen molar-refractivity contribution >= 4 is 12.0 Å². The van der Waals surface area contributed by atoms with Gasteiger partial charge in [-0.25, -0.2) is 0 Å². The Morgan fingerprint density at radius 3 is 2.58 bits per heavy atom. The van der Waals surface area contributed by atoms with E-state index in [-0.39, 0.29) is 0 Å². The van der Waals surface area contributed by atoms with Gasteiger partial charge in [-0.3, -0.25) is 4.99 Å². The number of hydrogen-bond donors (Lipinski definition) is 0. The van der Waals surface area contributed by atoms with Gasteiger partial charge in [-0.2, -0.15) is 0 Å². The molecule has 0 saturated heterocycles. The topological polar surface area (TPSA) is 15.6 Å². The largest absolute Gasteiger partial charge is 0.336 e. The SMILES string of the molecule is CN=CN(C)c1ccccc1C. The molecule has 0 saturated carbocycles. The fourth-order valence-corrected chi connectivity index (χ4v) is 1.19. The molecule has 0 aliphatic rings. The Balaban J connectivity index is 2.94.